The molecule has 0 fully saturated rings. The fourth-order valence-corrected chi connectivity index (χ4v) is 1.36. The molecule has 0 bridgehead atoms. The van der Waals surface area contributed by atoms with Gasteiger partial charge in [-0.2, -0.15) is 5.26 Å². The molecule has 1 aromatic rings. The number of nitriles is 1. The Morgan fingerprint density at radius 3 is 2.77 bits per heavy atom. The number of nitrogens with zero attached hydrogens (tertiary/aromatic N) is 1. The van der Waals surface area contributed by atoms with E-state index in [1.165, 1.54) is 24.3 Å². The summed E-state index contributed by atoms with van der Waals surface area (Å²) >= 11 is 0. The molecule has 0 atom stereocenters. The van der Waals surface area contributed by atoms with Crippen LogP contribution in [0.15, 0.2) is 18.2 Å². The van der Waals surface area contributed by atoms with E-state index in [1.807, 2.05) is 6.07 Å². The van der Waals surface area contributed by atoms with Crippen LogP contribution in [-0.2, 0) is 0 Å². The zero-order valence-corrected chi connectivity index (χ0v) is 6.54. The fraction of sp³-hybridized carbons (Fsp3) is 0. The van der Waals surface area contributed by atoms with Crippen molar-refractivity contribution in [1.82, 2.24) is 0 Å². The highest BCUT2D eigenvalue weighted by molar-refractivity contribution is 6.15. The molecule has 1 aliphatic carbocycles. The molecular formula is C10H4FNO. The van der Waals surface area contributed by atoms with Crippen LogP contribution < -0.4 is 0 Å². The Morgan fingerprint density at radius 2 is 2.08 bits per heavy atom. The second kappa shape index (κ2) is 2.53. The van der Waals surface area contributed by atoms with Gasteiger partial charge in [-0.05, 0) is 24.3 Å². The maximum absolute atomic E-state index is 13.1. The summed E-state index contributed by atoms with van der Waals surface area (Å²) in [5.74, 6) is -0.762. The molecule has 13 heavy (non-hydrogen) atoms. The first-order valence-electron chi connectivity index (χ1n) is 3.69. The van der Waals surface area contributed by atoms with Gasteiger partial charge in [0.1, 0.15) is 5.82 Å². The molecule has 0 radical (unpaired) electrons. The van der Waals surface area contributed by atoms with E-state index in [4.69, 9.17) is 5.26 Å². The molecule has 0 amide bonds. The Bertz CT molecular complexity index is 469. The highest BCUT2D eigenvalue weighted by Crippen LogP contribution is 2.25. The normalized spacial score (nSPS) is 12.8. The van der Waals surface area contributed by atoms with Gasteiger partial charge in [-0.15, -0.1) is 0 Å². The van der Waals surface area contributed by atoms with Gasteiger partial charge in [0.05, 0.1) is 11.6 Å². The summed E-state index contributed by atoms with van der Waals surface area (Å²) in [5.41, 5.74) is 0.637. The van der Waals surface area contributed by atoms with E-state index in [0.29, 0.717) is 0 Å². The van der Waals surface area contributed by atoms with Gasteiger partial charge in [-0.25, -0.2) is 4.39 Å². The monoisotopic (exact) mass is 173 g/mol. The molecule has 0 aliphatic heterocycles. The van der Waals surface area contributed by atoms with E-state index < -0.39 is 5.82 Å². The average Bonchev–Trinajstić information content (AvgIpc) is 2.51. The van der Waals surface area contributed by atoms with E-state index in [-0.39, 0.29) is 22.5 Å². The molecule has 1 aliphatic rings. The summed E-state index contributed by atoms with van der Waals surface area (Å²) in [5, 5.41) is 8.66. The van der Waals surface area contributed by atoms with Crippen molar-refractivity contribution in [1.29, 1.82) is 5.26 Å². The summed E-state index contributed by atoms with van der Waals surface area (Å²) < 4.78 is 13.1. The van der Waals surface area contributed by atoms with E-state index in [0.717, 1.165) is 0 Å². The Balaban J connectivity index is 2.81. The second-order valence-electron chi connectivity index (χ2n) is 2.69. The van der Waals surface area contributed by atoms with E-state index in [2.05, 4.69) is 0 Å². The number of hydrogen-bond acceptors (Lipinski definition) is 2. The molecule has 2 rings (SSSR count). The molecule has 0 aromatic heterocycles. The number of hydrogen-bond donors (Lipinski definition) is 0. The third-order valence-corrected chi connectivity index (χ3v) is 1.96. The van der Waals surface area contributed by atoms with Crippen LogP contribution in [0.25, 0.3) is 6.08 Å². The second-order valence-corrected chi connectivity index (χ2v) is 2.69. The van der Waals surface area contributed by atoms with Crippen LogP contribution in [0.4, 0.5) is 4.39 Å². The Kier molecular flexibility index (Phi) is 1.49. The number of carbonyl (C=O) groups is 1. The third-order valence-electron chi connectivity index (χ3n) is 1.96. The van der Waals surface area contributed by atoms with Crippen molar-refractivity contribution in [2.24, 2.45) is 0 Å². The van der Waals surface area contributed by atoms with Crippen molar-refractivity contribution in [3.63, 3.8) is 0 Å². The summed E-state index contributed by atoms with van der Waals surface area (Å²) in [6.07, 6.45) is 2.67. The maximum atomic E-state index is 13.1. The highest BCUT2D eigenvalue weighted by atomic mass is 19.1. The minimum atomic E-state index is -0.462. The Morgan fingerprint density at radius 1 is 1.31 bits per heavy atom. The van der Waals surface area contributed by atoms with Gasteiger partial charge in [0, 0.05) is 11.1 Å². The van der Waals surface area contributed by atoms with Crippen LogP contribution >= 0.6 is 0 Å². The zero-order chi connectivity index (χ0) is 9.42. The van der Waals surface area contributed by atoms with Crippen molar-refractivity contribution in [2.45, 2.75) is 0 Å². The molecule has 1 aromatic carbocycles. The van der Waals surface area contributed by atoms with Gasteiger partial charge in [0.25, 0.3) is 0 Å². The molecule has 0 saturated heterocycles. The van der Waals surface area contributed by atoms with Crippen molar-refractivity contribution in [3.8, 4) is 6.07 Å². The molecule has 0 N–H and O–H groups in total. The van der Waals surface area contributed by atoms with Gasteiger partial charge < -0.3 is 0 Å². The summed E-state index contributed by atoms with van der Waals surface area (Å²) in [7, 11) is 0. The SMILES string of the molecule is N#Cc1ccc(F)c2c1C(=O)C=C2. The molecule has 2 nitrogen and oxygen atoms in total. The van der Waals surface area contributed by atoms with Gasteiger partial charge >= 0.3 is 0 Å². The standard InChI is InChI=1S/C10H4FNO/c11-8-3-1-6(5-12)10-7(8)2-4-9(10)13/h1-4H. The van der Waals surface area contributed by atoms with Crippen molar-refractivity contribution in [3.05, 3.63) is 40.7 Å². The smallest absolute Gasteiger partial charge is 0.187 e. The number of halogens is 1. The minimum Gasteiger partial charge on any atom is -0.289 e. The summed E-state index contributed by atoms with van der Waals surface area (Å²) in [4.78, 5) is 11.2. The summed E-state index contributed by atoms with van der Waals surface area (Å²) in [6, 6.07) is 4.37. The van der Waals surface area contributed by atoms with Crippen molar-refractivity contribution >= 4 is 11.9 Å². The van der Waals surface area contributed by atoms with Crippen molar-refractivity contribution in [2.75, 3.05) is 0 Å². The van der Waals surface area contributed by atoms with Crippen LogP contribution in [0.1, 0.15) is 21.5 Å². The van der Waals surface area contributed by atoms with Crippen molar-refractivity contribution < 1.29 is 9.18 Å². The van der Waals surface area contributed by atoms with E-state index in [1.54, 1.807) is 0 Å². The first-order valence-corrected chi connectivity index (χ1v) is 3.69. The van der Waals surface area contributed by atoms with Gasteiger partial charge in [-0.3, -0.25) is 4.79 Å². The lowest BCUT2D eigenvalue weighted by Gasteiger charge is -2.00. The number of rotatable bonds is 0. The molecular weight excluding hydrogens is 169 g/mol. The Hall–Kier alpha value is -1.95. The average molecular weight is 173 g/mol. The van der Waals surface area contributed by atoms with Crippen LogP contribution in [-0.4, -0.2) is 5.78 Å². The molecule has 0 spiro atoms. The number of allylic oxidation sites excluding steroid dienone is 1. The quantitative estimate of drug-likeness (QED) is 0.601. The molecule has 0 saturated carbocycles. The number of fused-ring (bicyclic) bond motifs is 1. The first-order chi connectivity index (χ1) is 6.24. The lowest BCUT2D eigenvalue weighted by Crippen LogP contribution is -1.98. The molecule has 0 unspecified atom stereocenters. The van der Waals surface area contributed by atoms with Crippen LogP contribution in [0.3, 0.4) is 0 Å². The molecule has 62 valence electrons. The summed E-state index contributed by atoms with van der Waals surface area (Å²) in [6.45, 7) is 0. The number of ketones is 1. The van der Waals surface area contributed by atoms with Gasteiger partial charge in [0.15, 0.2) is 5.78 Å². The Labute approximate surface area is 73.9 Å². The van der Waals surface area contributed by atoms with Crippen LogP contribution in [0.5, 0.6) is 0 Å². The molecule has 3 heteroatoms. The number of benzene rings is 1. The predicted octanol–water partition coefficient (Wildman–Crippen LogP) is 1.91. The minimum absolute atomic E-state index is 0.183. The van der Waals surface area contributed by atoms with Crippen LogP contribution in [0, 0.1) is 17.1 Å². The topological polar surface area (TPSA) is 40.9 Å². The lowest BCUT2D eigenvalue weighted by molar-refractivity contribution is 0.104. The highest BCUT2D eigenvalue weighted by Gasteiger charge is 2.20. The van der Waals surface area contributed by atoms with E-state index >= 15 is 0 Å². The first kappa shape index (κ1) is 7.69. The van der Waals surface area contributed by atoms with Gasteiger partial charge in [-0.1, -0.05) is 0 Å². The maximum Gasteiger partial charge on any atom is 0.187 e. The van der Waals surface area contributed by atoms with Gasteiger partial charge in [0.2, 0.25) is 0 Å². The third kappa shape index (κ3) is 0.960. The molecule has 0 heterocycles. The van der Waals surface area contributed by atoms with Crippen LogP contribution in [0.2, 0.25) is 0 Å². The number of carbonyl (C=O) groups excluding carboxylic acids is 1. The predicted molar refractivity (Wildman–Crippen MR) is 44.5 cm³/mol. The largest absolute Gasteiger partial charge is 0.289 e. The van der Waals surface area contributed by atoms with E-state index in [9.17, 15) is 9.18 Å². The zero-order valence-electron chi connectivity index (χ0n) is 6.54. The lowest BCUT2D eigenvalue weighted by atomic mass is 10.0. The fourth-order valence-electron chi connectivity index (χ4n) is 1.36.